The molecule has 0 saturated carbocycles. The van der Waals surface area contributed by atoms with Crippen LogP contribution in [0.5, 0.6) is 5.75 Å². The van der Waals surface area contributed by atoms with Crippen LogP contribution in [0, 0.1) is 0 Å². The van der Waals surface area contributed by atoms with Gasteiger partial charge in [0.15, 0.2) is 0 Å². The van der Waals surface area contributed by atoms with Gasteiger partial charge in [0.25, 0.3) is 0 Å². The highest BCUT2D eigenvalue weighted by Gasteiger charge is 2.09. The van der Waals surface area contributed by atoms with Crippen molar-refractivity contribution in [2.45, 2.75) is 6.61 Å². The van der Waals surface area contributed by atoms with Crippen molar-refractivity contribution in [3.63, 3.8) is 0 Å². The highest BCUT2D eigenvalue weighted by molar-refractivity contribution is 6.35. The number of rotatable bonds is 5. The molecular weight excluding hydrogens is 391 g/mol. The van der Waals surface area contributed by atoms with Gasteiger partial charge in [-0.2, -0.15) is 0 Å². The maximum atomic E-state index is 12.0. The Balaban J connectivity index is 1.75. The largest absolute Gasteiger partial charge is 0.497 e. The van der Waals surface area contributed by atoms with E-state index < -0.39 is 11.6 Å². The minimum atomic E-state index is -0.573. The second kappa shape index (κ2) is 8.29. The Kier molecular flexibility index (Phi) is 5.84. The van der Waals surface area contributed by atoms with Crippen LogP contribution in [0.25, 0.3) is 17.0 Å². The first-order valence-electron chi connectivity index (χ1n) is 7.87. The van der Waals surface area contributed by atoms with Gasteiger partial charge in [0, 0.05) is 39.2 Å². The first kappa shape index (κ1) is 19.0. The summed E-state index contributed by atoms with van der Waals surface area (Å²) in [6.07, 6.45) is 2.79. The predicted molar refractivity (Wildman–Crippen MR) is 104 cm³/mol. The number of ether oxygens (including phenoxy) is 2. The Morgan fingerprint density at radius 1 is 1.15 bits per heavy atom. The molecule has 0 saturated heterocycles. The topological polar surface area (TPSA) is 65.7 Å². The molecule has 1 aromatic heterocycles. The Morgan fingerprint density at radius 2 is 1.96 bits per heavy atom. The van der Waals surface area contributed by atoms with Crippen LogP contribution in [0.4, 0.5) is 0 Å². The molecule has 0 spiro atoms. The number of hydrogen-bond acceptors (Lipinski definition) is 5. The van der Waals surface area contributed by atoms with Gasteiger partial charge in [-0.25, -0.2) is 9.59 Å². The van der Waals surface area contributed by atoms with Crippen LogP contribution in [0.3, 0.4) is 0 Å². The number of carbonyl (C=O) groups excluding carboxylic acids is 1. The minimum Gasteiger partial charge on any atom is -0.497 e. The maximum Gasteiger partial charge on any atom is 0.336 e. The molecule has 0 radical (unpaired) electrons. The van der Waals surface area contributed by atoms with E-state index in [9.17, 15) is 9.59 Å². The molecule has 27 heavy (non-hydrogen) atoms. The molecule has 0 amide bonds. The number of hydrogen-bond donors (Lipinski definition) is 0. The van der Waals surface area contributed by atoms with Gasteiger partial charge in [-0.1, -0.05) is 29.3 Å². The van der Waals surface area contributed by atoms with Gasteiger partial charge in [-0.15, -0.1) is 0 Å². The summed E-state index contributed by atoms with van der Waals surface area (Å²) in [5.41, 5.74) is 0.993. The van der Waals surface area contributed by atoms with Crippen molar-refractivity contribution in [3.05, 3.63) is 80.1 Å². The molecule has 1 heterocycles. The molecule has 0 aliphatic carbocycles. The van der Waals surface area contributed by atoms with Gasteiger partial charge in [0.1, 0.15) is 17.9 Å². The Hall–Kier alpha value is -2.76. The van der Waals surface area contributed by atoms with Gasteiger partial charge in [-0.05, 0) is 35.9 Å². The first-order valence-corrected chi connectivity index (χ1v) is 8.62. The van der Waals surface area contributed by atoms with Gasteiger partial charge in [0.2, 0.25) is 0 Å². The Labute approximate surface area is 164 Å². The fraction of sp³-hybridized carbons (Fsp3) is 0.100. The lowest BCUT2D eigenvalue weighted by Gasteiger charge is -2.07. The molecule has 2 aromatic carbocycles. The van der Waals surface area contributed by atoms with Crippen LogP contribution in [0.15, 0.2) is 57.8 Å². The summed E-state index contributed by atoms with van der Waals surface area (Å²) in [4.78, 5) is 23.7. The van der Waals surface area contributed by atoms with E-state index in [1.165, 1.54) is 25.3 Å². The van der Waals surface area contributed by atoms with Crippen molar-refractivity contribution < 1.29 is 18.7 Å². The van der Waals surface area contributed by atoms with Crippen LogP contribution >= 0.6 is 23.2 Å². The van der Waals surface area contributed by atoms with Crippen molar-refractivity contribution >= 4 is 46.2 Å². The van der Waals surface area contributed by atoms with Crippen molar-refractivity contribution in [3.8, 4) is 5.75 Å². The molecule has 138 valence electrons. The van der Waals surface area contributed by atoms with Crippen LogP contribution in [0.2, 0.25) is 10.0 Å². The highest BCUT2D eigenvalue weighted by Crippen LogP contribution is 2.24. The fourth-order valence-electron chi connectivity index (χ4n) is 2.45. The second-order valence-electron chi connectivity index (χ2n) is 5.56. The van der Waals surface area contributed by atoms with E-state index in [2.05, 4.69) is 0 Å². The third kappa shape index (κ3) is 4.70. The lowest BCUT2D eigenvalue weighted by atomic mass is 10.1. The van der Waals surface area contributed by atoms with Crippen LogP contribution < -0.4 is 10.4 Å². The van der Waals surface area contributed by atoms with E-state index in [4.69, 9.17) is 37.1 Å². The number of esters is 1. The lowest BCUT2D eigenvalue weighted by Crippen LogP contribution is -2.05. The smallest absolute Gasteiger partial charge is 0.336 e. The quantitative estimate of drug-likeness (QED) is 0.345. The minimum absolute atomic E-state index is 0.0774. The van der Waals surface area contributed by atoms with Crippen molar-refractivity contribution in [2.75, 3.05) is 7.11 Å². The van der Waals surface area contributed by atoms with Gasteiger partial charge in [0.05, 0.1) is 7.11 Å². The fourth-order valence-corrected chi connectivity index (χ4v) is 2.92. The van der Waals surface area contributed by atoms with Crippen LogP contribution in [-0.4, -0.2) is 13.1 Å². The van der Waals surface area contributed by atoms with Gasteiger partial charge < -0.3 is 13.9 Å². The summed E-state index contributed by atoms with van der Waals surface area (Å²) in [5.74, 6) is -0.0153. The summed E-state index contributed by atoms with van der Waals surface area (Å²) < 4.78 is 15.5. The van der Waals surface area contributed by atoms with E-state index in [1.54, 1.807) is 36.4 Å². The summed E-state index contributed by atoms with van der Waals surface area (Å²) in [6.45, 7) is -0.0774. The SMILES string of the molecule is COc1ccc2c(COC(=O)/C=C/c3ccc(Cl)cc3Cl)cc(=O)oc2c1. The molecular formula is C20H14Cl2O5. The number of methoxy groups -OCH3 is 1. The van der Waals surface area contributed by atoms with E-state index in [1.807, 2.05) is 0 Å². The molecule has 0 fully saturated rings. The molecule has 3 rings (SSSR count). The van der Waals surface area contributed by atoms with Crippen LogP contribution in [0.1, 0.15) is 11.1 Å². The van der Waals surface area contributed by atoms with Crippen molar-refractivity contribution in [1.29, 1.82) is 0 Å². The Bertz CT molecular complexity index is 1090. The zero-order chi connectivity index (χ0) is 19.4. The Morgan fingerprint density at radius 3 is 2.70 bits per heavy atom. The molecule has 5 nitrogen and oxygen atoms in total. The molecule has 0 bridgehead atoms. The average molecular weight is 405 g/mol. The molecule has 7 heteroatoms. The number of benzene rings is 2. The lowest BCUT2D eigenvalue weighted by molar-refractivity contribution is -0.138. The summed E-state index contributed by atoms with van der Waals surface area (Å²) in [5, 5.41) is 1.59. The maximum absolute atomic E-state index is 12.0. The predicted octanol–water partition coefficient (Wildman–Crippen LogP) is 4.87. The van der Waals surface area contributed by atoms with E-state index >= 15 is 0 Å². The molecule has 0 unspecified atom stereocenters. The average Bonchev–Trinajstić information content (AvgIpc) is 2.64. The highest BCUT2D eigenvalue weighted by atomic mass is 35.5. The molecule has 0 aliphatic rings. The third-order valence-corrected chi connectivity index (χ3v) is 4.33. The second-order valence-corrected chi connectivity index (χ2v) is 6.40. The van der Waals surface area contributed by atoms with Gasteiger partial charge >= 0.3 is 11.6 Å². The standard InChI is InChI=1S/C20H14Cl2O5/c1-25-15-5-6-16-13(8-20(24)27-18(16)10-15)11-26-19(23)7-3-12-2-4-14(21)9-17(12)22/h2-10H,11H2,1H3/b7-3+. The van der Waals surface area contributed by atoms with E-state index in [0.717, 1.165) is 0 Å². The zero-order valence-electron chi connectivity index (χ0n) is 14.2. The molecule has 3 aromatic rings. The first-order chi connectivity index (χ1) is 13.0. The summed E-state index contributed by atoms with van der Waals surface area (Å²) >= 11 is 11.9. The van der Waals surface area contributed by atoms with Crippen molar-refractivity contribution in [1.82, 2.24) is 0 Å². The normalized spacial score (nSPS) is 11.1. The summed E-state index contributed by atoms with van der Waals surface area (Å²) in [6, 6.07) is 11.3. The zero-order valence-corrected chi connectivity index (χ0v) is 15.7. The number of carbonyl (C=O) groups is 1. The van der Waals surface area contributed by atoms with Gasteiger partial charge in [-0.3, -0.25) is 0 Å². The molecule has 0 aliphatic heterocycles. The van der Waals surface area contributed by atoms with Crippen LogP contribution in [-0.2, 0) is 16.1 Å². The molecule has 0 atom stereocenters. The number of halogens is 2. The summed E-state index contributed by atoms with van der Waals surface area (Å²) in [7, 11) is 1.52. The van der Waals surface area contributed by atoms with Crippen molar-refractivity contribution in [2.24, 2.45) is 0 Å². The van der Waals surface area contributed by atoms with E-state index in [0.29, 0.717) is 37.9 Å². The van der Waals surface area contributed by atoms with E-state index in [-0.39, 0.29) is 6.61 Å². The number of fused-ring (bicyclic) bond motifs is 1. The monoisotopic (exact) mass is 404 g/mol. The third-order valence-electron chi connectivity index (χ3n) is 3.77. The molecule has 0 N–H and O–H groups in total.